The van der Waals surface area contributed by atoms with E-state index in [1.54, 1.807) is 12.1 Å². The average Bonchev–Trinajstić information content (AvgIpc) is 2.32. The molecule has 0 aliphatic carbocycles. The minimum Gasteiger partial charge on any atom is -0.494 e. The maximum absolute atomic E-state index is 12.0. The number of ether oxygens (including phenoxy) is 1. The molecule has 0 heterocycles. The van der Waals surface area contributed by atoms with Crippen molar-refractivity contribution in [3.05, 3.63) is 29.8 Å². The molecule has 16 heavy (non-hydrogen) atoms. The van der Waals surface area contributed by atoms with Gasteiger partial charge in [-0.15, -0.1) is 0 Å². The van der Waals surface area contributed by atoms with E-state index in [2.05, 4.69) is 0 Å². The van der Waals surface area contributed by atoms with E-state index >= 15 is 0 Å². The molecule has 0 aliphatic rings. The summed E-state index contributed by atoms with van der Waals surface area (Å²) < 4.78 is 5.32. The summed E-state index contributed by atoms with van der Waals surface area (Å²) >= 11 is 0. The highest BCUT2D eigenvalue weighted by atomic mass is 16.5. The van der Waals surface area contributed by atoms with E-state index in [4.69, 9.17) is 10.5 Å². The van der Waals surface area contributed by atoms with E-state index in [0.717, 1.165) is 12.2 Å². The summed E-state index contributed by atoms with van der Waals surface area (Å²) in [5, 5.41) is 0. The molecular formula is C13H19NO2. The fraction of sp³-hybridized carbons (Fsp3) is 0.462. The minimum absolute atomic E-state index is 0.0713. The van der Waals surface area contributed by atoms with E-state index < -0.39 is 0 Å². The third-order valence-electron chi connectivity index (χ3n) is 2.60. The SMILES string of the molecule is CCOc1ccc(C(=O)C(CC)CN)cc1. The molecule has 0 bridgehead atoms. The van der Waals surface area contributed by atoms with Gasteiger partial charge in [-0.05, 0) is 37.6 Å². The number of benzene rings is 1. The summed E-state index contributed by atoms with van der Waals surface area (Å²) in [4.78, 5) is 12.0. The summed E-state index contributed by atoms with van der Waals surface area (Å²) in [7, 11) is 0. The molecule has 0 saturated carbocycles. The Bertz CT molecular complexity index is 328. The maximum atomic E-state index is 12.0. The highest BCUT2D eigenvalue weighted by Gasteiger charge is 2.16. The van der Waals surface area contributed by atoms with Crippen LogP contribution in [0.25, 0.3) is 0 Å². The van der Waals surface area contributed by atoms with Crippen LogP contribution in [0.1, 0.15) is 30.6 Å². The van der Waals surface area contributed by atoms with Crippen molar-refractivity contribution >= 4 is 5.78 Å². The van der Waals surface area contributed by atoms with Gasteiger partial charge in [-0.25, -0.2) is 0 Å². The quantitative estimate of drug-likeness (QED) is 0.750. The van der Waals surface area contributed by atoms with Gasteiger partial charge in [0.15, 0.2) is 5.78 Å². The lowest BCUT2D eigenvalue weighted by Gasteiger charge is -2.11. The Morgan fingerprint density at radius 1 is 1.31 bits per heavy atom. The molecular weight excluding hydrogens is 202 g/mol. The average molecular weight is 221 g/mol. The van der Waals surface area contributed by atoms with Gasteiger partial charge in [-0.1, -0.05) is 6.92 Å². The van der Waals surface area contributed by atoms with E-state index in [0.29, 0.717) is 18.7 Å². The molecule has 1 aromatic carbocycles. The van der Waals surface area contributed by atoms with Crippen LogP contribution in [0, 0.1) is 5.92 Å². The number of hydrogen-bond acceptors (Lipinski definition) is 3. The van der Waals surface area contributed by atoms with Gasteiger partial charge in [0.05, 0.1) is 6.61 Å². The summed E-state index contributed by atoms with van der Waals surface area (Å²) in [6, 6.07) is 7.23. The lowest BCUT2D eigenvalue weighted by molar-refractivity contribution is 0.0921. The van der Waals surface area contributed by atoms with Crippen LogP contribution in [0.3, 0.4) is 0 Å². The van der Waals surface area contributed by atoms with Crippen LogP contribution in [0.4, 0.5) is 0 Å². The number of Topliss-reactive ketones (excluding diaryl/α,β-unsaturated/α-hetero) is 1. The smallest absolute Gasteiger partial charge is 0.167 e. The molecule has 3 heteroatoms. The van der Waals surface area contributed by atoms with Gasteiger partial charge >= 0.3 is 0 Å². The molecule has 1 unspecified atom stereocenters. The summed E-state index contributed by atoms with van der Waals surface area (Å²) in [5.41, 5.74) is 6.26. The molecule has 0 saturated heterocycles. The van der Waals surface area contributed by atoms with E-state index in [-0.39, 0.29) is 11.7 Å². The number of ketones is 1. The van der Waals surface area contributed by atoms with E-state index in [1.165, 1.54) is 0 Å². The second-order valence-corrected chi connectivity index (χ2v) is 3.66. The first-order valence-corrected chi connectivity index (χ1v) is 5.70. The van der Waals surface area contributed by atoms with Crippen molar-refractivity contribution < 1.29 is 9.53 Å². The third-order valence-corrected chi connectivity index (χ3v) is 2.60. The van der Waals surface area contributed by atoms with Crippen LogP contribution in [-0.4, -0.2) is 18.9 Å². The fourth-order valence-corrected chi connectivity index (χ4v) is 1.58. The van der Waals surface area contributed by atoms with Crippen molar-refractivity contribution in [2.45, 2.75) is 20.3 Å². The van der Waals surface area contributed by atoms with Crippen LogP contribution in [0.2, 0.25) is 0 Å². The second kappa shape index (κ2) is 6.28. The van der Waals surface area contributed by atoms with Crippen LogP contribution in [0.15, 0.2) is 24.3 Å². The van der Waals surface area contributed by atoms with Crippen molar-refractivity contribution in [3.8, 4) is 5.75 Å². The van der Waals surface area contributed by atoms with Crippen LogP contribution < -0.4 is 10.5 Å². The maximum Gasteiger partial charge on any atom is 0.167 e. The zero-order chi connectivity index (χ0) is 12.0. The molecule has 1 aromatic rings. The molecule has 0 aromatic heterocycles. The molecule has 3 nitrogen and oxygen atoms in total. The molecule has 0 aliphatic heterocycles. The van der Waals surface area contributed by atoms with Crippen molar-refractivity contribution in [1.82, 2.24) is 0 Å². The first-order valence-electron chi connectivity index (χ1n) is 5.70. The molecule has 0 spiro atoms. The molecule has 1 rings (SSSR count). The third kappa shape index (κ3) is 3.07. The number of rotatable bonds is 6. The Morgan fingerprint density at radius 3 is 2.38 bits per heavy atom. The Hall–Kier alpha value is -1.35. The minimum atomic E-state index is -0.0713. The molecule has 0 radical (unpaired) electrons. The van der Waals surface area contributed by atoms with Gasteiger partial charge in [0.1, 0.15) is 5.75 Å². The number of carbonyl (C=O) groups is 1. The molecule has 88 valence electrons. The van der Waals surface area contributed by atoms with Gasteiger partial charge in [-0.3, -0.25) is 4.79 Å². The Labute approximate surface area is 96.6 Å². The molecule has 1 atom stereocenters. The second-order valence-electron chi connectivity index (χ2n) is 3.66. The first kappa shape index (κ1) is 12.7. The largest absolute Gasteiger partial charge is 0.494 e. The first-order chi connectivity index (χ1) is 7.72. The van der Waals surface area contributed by atoms with Crippen molar-refractivity contribution in [2.75, 3.05) is 13.2 Å². The van der Waals surface area contributed by atoms with Crippen LogP contribution >= 0.6 is 0 Å². The Kier molecular flexibility index (Phi) is 4.99. The number of carbonyl (C=O) groups excluding carboxylic acids is 1. The van der Waals surface area contributed by atoms with Gasteiger partial charge < -0.3 is 10.5 Å². The van der Waals surface area contributed by atoms with Crippen molar-refractivity contribution in [2.24, 2.45) is 11.7 Å². The summed E-state index contributed by atoms with van der Waals surface area (Å²) in [6.45, 7) is 4.95. The predicted molar refractivity (Wildman–Crippen MR) is 64.8 cm³/mol. The normalized spacial score (nSPS) is 12.2. The Balaban J connectivity index is 2.76. The number of nitrogens with two attached hydrogens (primary N) is 1. The standard InChI is InChI=1S/C13H19NO2/c1-3-10(9-14)13(15)11-5-7-12(8-6-11)16-4-2/h5-8,10H,3-4,9,14H2,1-2H3. The van der Waals surface area contributed by atoms with Gasteiger partial charge in [0.25, 0.3) is 0 Å². The number of hydrogen-bond donors (Lipinski definition) is 1. The summed E-state index contributed by atoms with van der Waals surface area (Å²) in [6.07, 6.45) is 0.780. The van der Waals surface area contributed by atoms with Gasteiger partial charge in [0.2, 0.25) is 0 Å². The Morgan fingerprint density at radius 2 is 1.94 bits per heavy atom. The molecule has 0 fully saturated rings. The molecule has 0 amide bonds. The monoisotopic (exact) mass is 221 g/mol. The summed E-state index contributed by atoms with van der Waals surface area (Å²) in [5.74, 6) is 0.839. The van der Waals surface area contributed by atoms with E-state index in [9.17, 15) is 4.79 Å². The highest BCUT2D eigenvalue weighted by molar-refractivity contribution is 5.98. The zero-order valence-corrected chi connectivity index (χ0v) is 9.90. The fourth-order valence-electron chi connectivity index (χ4n) is 1.58. The lowest BCUT2D eigenvalue weighted by atomic mass is 9.95. The highest BCUT2D eigenvalue weighted by Crippen LogP contribution is 2.16. The van der Waals surface area contributed by atoms with Crippen molar-refractivity contribution in [3.63, 3.8) is 0 Å². The van der Waals surface area contributed by atoms with Crippen molar-refractivity contribution in [1.29, 1.82) is 0 Å². The zero-order valence-electron chi connectivity index (χ0n) is 9.90. The van der Waals surface area contributed by atoms with E-state index in [1.807, 2.05) is 26.0 Å². The predicted octanol–water partition coefficient (Wildman–Crippen LogP) is 2.25. The van der Waals surface area contributed by atoms with Crippen LogP contribution in [-0.2, 0) is 0 Å². The lowest BCUT2D eigenvalue weighted by Crippen LogP contribution is -2.22. The molecule has 2 N–H and O–H groups in total. The van der Waals surface area contributed by atoms with Crippen LogP contribution in [0.5, 0.6) is 5.75 Å². The van der Waals surface area contributed by atoms with Gasteiger partial charge in [0, 0.05) is 18.0 Å². The van der Waals surface area contributed by atoms with Gasteiger partial charge in [-0.2, -0.15) is 0 Å². The topological polar surface area (TPSA) is 52.3 Å².